The van der Waals surface area contributed by atoms with Crippen LogP contribution in [0.4, 0.5) is 0 Å². The minimum absolute atomic E-state index is 0.931. The Balaban J connectivity index is 0. The van der Waals surface area contributed by atoms with Crippen LogP contribution in [0.2, 0.25) is 0 Å². The van der Waals surface area contributed by atoms with E-state index in [4.69, 9.17) is 0 Å². The first-order valence-corrected chi connectivity index (χ1v) is 6.69. The number of hydrogen-bond donors (Lipinski definition) is 1. The van der Waals surface area contributed by atoms with Crippen molar-refractivity contribution in [2.45, 2.75) is 48.5 Å². The minimum Gasteiger partial charge on any atom is -0.381 e. The van der Waals surface area contributed by atoms with E-state index in [1.54, 1.807) is 0 Å². The lowest BCUT2D eigenvalue weighted by molar-refractivity contribution is 0.897. The summed E-state index contributed by atoms with van der Waals surface area (Å²) in [4.78, 5) is 0. The Morgan fingerprint density at radius 1 is 1.18 bits per heavy atom. The zero-order chi connectivity index (χ0) is 13.7. The molecule has 0 spiro atoms. The lowest BCUT2D eigenvalue weighted by Crippen LogP contribution is -2.18. The summed E-state index contributed by atoms with van der Waals surface area (Å²) in [6.45, 7) is 15.2. The van der Waals surface area contributed by atoms with E-state index in [1.807, 2.05) is 27.7 Å². The van der Waals surface area contributed by atoms with E-state index in [-0.39, 0.29) is 0 Å². The van der Waals surface area contributed by atoms with E-state index in [2.05, 4.69) is 56.5 Å². The number of hydrogen-bond acceptors (Lipinski definition) is 1. The molecule has 1 heterocycles. The molecule has 0 aromatic carbocycles. The normalized spacial score (nSPS) is 18.9. The molecule has 0 aliphatic carbocycles. The molecule has 98 valence electrons. The molecule has 0 saturated carbocycles. The standard InChI is InChI=1S/C12H17N.2C2H6/c1-4-10(3)9-12-11(5-2)7-6-8-13-12;2*1-2/h4-7,9,13H,8H2,1-3H3;2*1-2H3/b10-4-,11-5-,12-9+;;. The molecule has 0 atom stereocenters. The van der Waals surface area contributed by atoms with Gasteiger partial charge in [0.05, 0.1) is 0 Å². The predicted octanol–water partition coefficient (Wildman–Crippen LogP) is 4.99. The maximum atomic E-state index is 3.35. The third-order valence-electron chi connectivity index (χ3n) is 2.16. The van der Waals surface area contributed by atoms with E-state index in [0.29, 0.717) is 0 Å². The molecular formula is C16H29N. The van der Waals surface area contributed by atoms with E-state index < -0.39 is 0 Å². The second kappa shape index (κ2) is 12.8. The smallest absolute Gasteiger partial charge is 0.0415 e. The first kappa shape index (κ1) is 18.1. The quantitative estimate of drug-likeness (QED) is 0.675. The van der Waals surface area contributed by atoms with Gasteiger partial charge in [0.2, 0.25) is 0 Å². The van der Waals surface area contributed by atoms with Crippen LogP contribution in [0.25, 0.3) is 0 Å². The molecule has 0 aromatic rings. The van der Waals surface area contributed by atoms with E-state index in [9.17, 15) is 0 Å². The fourth-order valence-corrected chi connectivity index (χ4v) is 1.24. The van der Waals surface area contributed by atoms with Crippen LogP contribution in [-0.4, -0.2) is 6.54 Å². The highest BCUT2D eigenvalue weighted by Crippen LogP contribution is 2.14. The van der Waals surface area contributed by atoms with Crippen molar-refractivity contribution in [3.8, 4) is 0 Å². The van der Waals surface area contributed by atoms with Gasteiger partial charge in [-0.05, 0) is 32.4 Å². The van der Waals surface area contributed by atoms with Crippen molar-refractivity contribution in [2.75, 3.05) is 6.54 Å². The summed E-state index contributed by atoms with van der Waals surface area (Å²) in [7, 11) is 0. The molecule has 1 nitrogen and oxygen atoms in total. The van der Waals surface area contributed by atoms with Crippen molar-refractivity contribution in [1.29, 1.82) is 0 Å². The molecule has 17 heavy (non-hydrogen) atoms. The third-order valence-corrected chi connectivity index (χ3v) is 2.16. The highest BCUT2D eigenvalue weighted by atomic mass is 14.9. The van der Waals surface area contributed by atoms with Gasteiger partial charge in [0.25, 0.3) is 0 Å². The third kappa shape index (κ3) is 7.62. The number of nitrogens with one attached hydrogen (secondary N) is 1. The Hall–Kier alpha value is -1.24. The van der Waals surface area contributed by atoms with Gasteiger partial charge in [0, 0.05) is 12.2 Å². The van der Waals surface area contributed by atoms with Gasteiger partial charge in [0.1, 0.15) is 0 Å². The van der Waals surface area contributed by atoms with E-state index in [1.165, 1.54) is 16.8 Å². The van der Waals surface area contributed by atoms with Crippen LogP contribution in [-0.2, 0) is 0 Å². The van der Waals surface area contributed by atoms with Crippen molar-refractivity contribution in [2.24, 2.45) is 0 Å². The summed E-state index contributed by atoms with van der Waals surface area (Å²) in [6.07, 6.45) is 10.7. The Morgan fingerprint density at radius 3 is 2.24 bits per heavy atom. The monoisotopic (exact) mass is 235 g/mol. The Labute approximate surface area is 108 Å². The Morgan fingerprint density at radius 2 is 1.76 bits per heavy atom. The lowest BCUT2D eigenvalue weighted by Gasteiger charge is -2.15. The molecule has 0 radical (unpaired) electrons. The molecule has 1 N–H and O–H groups in total. The predicted molar refractivity (Wildman–Crippen MR) is 81.1 cm³/mol. The van der Waals surface area contributed by atoms with Crippen molar-refractivity contribution in [3.63, 3.8) is 0 Å². The van der Waals surface area contributed by atoms with Gasteiger partial charge >= 0.3 is 0 Å². The van der Waals surface area contributed by atoms with Crippen LogP contribution in [0.3, 0.4) is 0 Å². The fraction of sp³-hybridized carbons (Fsp3) is 0.500. The zero-order valence-corrected chi connectivity index (χ0v) is 12.6. The first-order valence-electron chi connectivity index (χ1n) is 6.69. The molecule has 1 aliphatic heterocycles. The second-order valence-corrected chi connectivity index (χ2v) is 3.12. The SMILES string of the molecule is CC.CC.C\C=C(C)/C=C1/NCC=C/C1=C/C. The molecule has 0 unspecified atom stereocenters. The highest BCUT2D eigenvalue weighted by Gasteiger charge is 2.03. The Kier molecular flexibility index (Phi) is 13.7. The average Bonchev–Trinajstić information content (AvgIpc) is 2.43. The molecule has 0 aromatic heterocycles. The van der Waals surface area contributed by atoms with Gasteiger partial charge in [-0.25, -0.2) is 0 Å². The van der Waals surface area contributed by atoms with Gasteiger partial charge in [0.15, 0.2) is 0 Å². The molecule has 0 bridgehead atoms. The van der Waals surface area contributed by atoms with Crippen molar-refractivity contribution in [3.05, 3.63) is 47.2 Å². The van der Waals surface area contributed by atoms with Crippen molar-refractivity contribution < 1.29 is 0 Å². The topological polar surface area (TPSA) is 12.0 Å². The van der Waals surface area contributed by atoms with Gasteiger partial charge in [-0.1, -0.05) is 57.6 Å². The maximum Gasteiger partial charge on any atom is 0.0415 e. The molecule has 0 fully saturated rings. The summed E-state index contributed by atoms with van der Waals surface area (Å²) >= 11 is 0. The van der Waals surface area contributed by atoms with Crippen LogP contribution in [0.5, 0.6) is 0 Å². The highest BCUT2D eigenvalue weighted by molar-refractivity contribution is 5.44. The number of allylic oxidation sites excluding steroid dienone is 5. The molecular weight excluding hydrogens is 206 g/mol. The molecule has 0 saturated heterocycles. The minimum atomic E-state index is 0.931. The maximum absolute atomic E-state index is 3.35. The second-order valence-electron chi connectivity index (χ2n) is 3.12. The van der Waals surface area contributed by atoms with Crippen LogP contribution >= 0.6 is 0 Å². The van der Waals surface area contributed by atoms with Crippen LogP contribution in [0, 0.1) is 0 Å². The Bertz CT molecular complexity index is 291. The molecule has 1 heteroatoms. The molecule has 0 amide bonds. The van der Waals surface area contributed by atoms with Crippen LogP contribution in [0.15, 0.2) is 47.2 Å². The van der Waals surface area contributed by atoms with Gasteiger partial charge in [-0.3, -0.25) is 0 Å². The largest absolute Gasteiger partial charge is 0.381 e. The summed E-state index contributed by atoms with van der Waals surface area (Å²) < 4.78 is 0. The van der Waals surface area contributed by atoms with Gasteiger partial charge in [-0.2, -0.15) is 0 Å². The van der Waals surface area contributed by atoms with E-state index >= 15 is 0 Å². The fourth-order valence-electron chi connectivity index (χ4n) is 1.24. The van der Waals surface area contributed by atoms with Crippen LogP contribution < -0.4 is 5.32 Å². The number of rotatable bonds is 1. The first-order chi connectivity index (χ1) is 8.27. The zero-order valence-electron chi connectivity index (χ0n) is 12.6. The van der Waals surface area contributed by atoms with Crippen LogP contribution in [0.1, 0.15) is 48.5 Å². The average molecular weight is 235 g/mol. The lowest BCUT2D eigenvalue weighted by atomic mass is 10.1. The van der Waals surface area contributed by atoms with E-state index in [0.717, 1.165) is 6.54 Å². The van der Waals surface area contributed by atoms with Crippen molar-refractivity contribution in [1.82, 2.24) is 5.32 Å². The van der Waals surface area contributed by atoms with Gasteiger partial charge < -0.3 is 5.32 Å². The summed E-state index contributed by atoms with van der Waals surface area (Å²) in [5, 5.41) is 3.35. The van der Waals surface area contributed by atoms with Gasteiger partial charge in [-0.15, -0.1) is 0 Å². The molecule has 1 aliphatic rings. The molecule has 1 rings (SSSR count). The van der Waals surface area contributed by atoms with Crippen molar-refractivity contribution >= 4 is 0 Å². The summed E-state index contributed by atoms with van der Waals surface area (Å²) in [5.41, 5.74) is 3.78. The summed E-state index contributed by atoms with van der Waals surface area (Å²) in [5.74, 6) is 0. The summed E-state index contributed by atoms with van der Waals surface area (Å²) in [6, 6.07) is 0.